The van der Waals surface area contributed by atoms with E-state index in [0.29, 0.717) is 6.54 Å². The molecule has 0 heterocycles. The number of benzene rings is 2. The Bertz CT molecular complexity index is 802. The summed E-state index contributed by atoms with van der Waals surface area (Å²) in [6.07, 6.45) is 2.28. The first-order valence-electron chi connectivity index (χ1n) is 9.34. The highest BCUT2D eigenvalue weighted by molar-refractivity contribution is 7.99. The van der Waals surface area contributed by atoms with Gasteiger partial charge in [-0.3, -0.25) is 0 Å². The number of carbonyl (C=O) groups is 1. The molecule has 1 aliphatic rings. The van der Waals surface area contributed by atoms with E-state index >= 15 is 0 Å². The lowest BCUT2D eigenvalue weighted by molar-refractivity contribution is 0.0523. The second-order valence-corrected chi connectivity index (χ2v) is 9.01. The fraction of sp³-hybridized carbons (Fsp3) is 0.409. The van der Waals surface area contributed by atoms with Gasteiger partial charge in [-0.25, -0.2) is 9.18 Å². The Hall–Kier alpha value is -2.01. The molecule has 5 heteroatoms. The van der Waals surface area contributed by atoms with Crippen LogP contribution in [0, 0.1) is 5.82 Å². The minimum Gasteiger partial charge on any atom is -0.444 e. The lowest BCUT2D eigenvalue weighted by atomic mass is 9.82. The topological polar surface area (TPSA) is 38.3 Å². The van der Waals surface area contributed by atoms with Crippen LogP contribution >= 0.6 is 11.8 Å². The standard InChI is InChI=1S/C22H26FNO2S/c1-22(2,3)26-21(25)24-14-16-9-7-8-15-12-18(13-19(23)20(15)16)27-17-10-5-4-6-11-17/h4-6,10-13,16H,7-9,14H2,1-3H3,(H,24,25). The molecule has 1 unspecified atom stereocenters. The van der Waals surface area contributed by atoms with Crippen LogP contribution in [-0.2, 0) is 11.2 Å². The Balaban J connectivity index is 1.72. The lowest BCUT2D eigenvalue weighted by Gasteiger charge is -2.27. The van der Waals surface area contributed by atoms with E-state index in [0.717, 1.165) is 40.2 Å². The number of nitrogens with one attached hydrogen (secondary N) is 1. The van der Waals surface area contributed by atoms with Crippen molar-refractivity contribution in [1.82, 2.24) is 5.32 Å². The van der Waals surface area contributed by atoms with Crippen LogP contribution in [0.25, 0.3) is 0 Å². The fourth-order valence-electron chi connectivity index (χ4n) is 3.40. The predicted molar refractivity (Wildman–Crippen MR) is 107 cm³/mol. The Morgan fingerprint density at radius 1 is 1.22 bits per heavy atom. The minimum atomic E-state index is -0.538. The summed E-state index contributed by atoms with van der Waals surface area (Å²) in [4.78, 5) is 13.9. The summed E-state index contributed by atoms with van der Waals surface area (Å²) in [5, 5.41) is 2.80. The summed E-state index contributed by atoms with van der Waals surface area (Å²) >= 11 is 1.57. The Kier molecular flexibility index (Phi) is 6.10. The van der Waals surface area contributed by atoms with Gasteiger partial charge in [-0.15, -0.1) is 0 Å². The molecule has 0 aromatic heterocycles. The van der Waals surface area contributed by atoms with E-state index in [-0.39, 0.29) is 11.7 Å². The second kappa shape index (κ2) is 8.34. The Labute approximate surface area is 164 Å². The molecule has 2 aromatic rings. The molecule has 3 nitrogen and oxygen atoms in total. The van der Waals surface area contributed by atoms with Crippen molar-refractivity contribution in [2.75, 3.05) is 6.54 Å². The third kappa shape index (κ3) is 5.48. The molecule has 0 bridgehead atoms. The molecule has 0 spiro atoms. The van der Waals surface area contributed by atoms with E-state index in [1.54, 1.807) is 17.8 Å². The first-order chi connectivity index (χ1) is 12.8. The van der Waals surface area contributed by atoms with Crippen LogP contribution in [0.2, 0.25) is 0 Å². The number of alkyl carbamates (subject to hydrolysis) is 1. The highest BCUT2D eigenvalue weighted by atomic mass is 32.2. The monoisotopic (exact) mass is 387 g/mol. The number of amides is 1. The lowest BCUT2D eigenvalue weighted by Crippen LogP contribution is -2.35. The minimum absolute atomic E-state index is 0.0166. The molecule has 1 N–H and O–H groups in total. The molecule has 0 fully saturated rings. The maximum absolute atomic E-state index is 14.9. The van der Waals surface area contributed by atoms with Crippen molar-refractivity contribution in [2.24, 2.45) is 0 Å². The van der Waals surface area contributed by atoms with Gasteiger partial charge in [0.25, 0.3) is 0 Å². The maximum Gasteiger partial charge on any atom is 0.407 e. The zero-order valence-corrected chi connectivity index (χ0v) is 16.9. The molecular formula is C22H26FNO2S. The quantitative estimate of drug-likeness (QED) is 0.707. The first-order valence-corrected chi connectivity index (χ1v) is 10.2. The molecular weight excluding hydrogens is 361 g/mol. The van der Waals surface area contributed by atoms with Crippen LogP contribution < -0.4 is 5.32 Å². The maximum atomic E-state index is 14.9. The zero-order valence-electron chi connectivity index (χ0n) is 16.0. The molecule has 1 aliphatic carbocycles. The van der Waals surface area contributed by atoms with Gasteiger partial charge in [0.1, 0.15) is 11.4 Å². The van der Waals surface area contributed by atoms with Crippen LogP contribution in [0.15, 0.2) is 52.3 Å². The van der Waals surface area contributed by atoms with Gasteiger partial charge in [0, 0.05) is 22.3 Å². The van der Waals surface area contributed by atoms with Crippen molar-refractivity contribution < 1.29 is 13.9 Å². The van der Waals surface area contributed by atoms with Crippen LogP contribution in [0.5, 0.6) is 0 Å². The van der Waals surface area contributed by atoms with Crippen molar-refractivity contribution >= 4 is 17.9 Å². The van der Waals surface area contributed by atoms with E-state index in [2.05, 4.69) is 11.4 Å². The third-order valence-electron chi connectivity index (χ3n) is 4.47. The summed E-state index contributed by atoms with van der Waals surface area (Å²) in [5.41, 5.74) is 1.26. The van der Waals surface area contributed by atoms with Gasteiger partial charge >= 0.3 is 6.09 Å². The van der Waals surface area contributed by atoms with Crippen LogP contribution in [0.3, 0.4) is 0 Å². The SMILES string of the molecule is CC(C)(C)OC(=O)NCC1CCCc2cc(Sc3ccccc3)cc(F)c21. The number of ether oxygens (including phenoxy) is 1. The number of rotatable bonds is 4. The fourth-order valence-corrected chi connectivity index (χ4v) is 4.33. The molecule has 0 saturated heterocycles. The summed E-state index contributed by atoms with van der Waals surface area (Å²) < 4.78 is 20.2. The number of fused-ring (bicyclic) bond motifs is 1. The predicted octanol–water partition coefficient (Wildman–Crippen LogP) is 5.92. The van der Waals surface area contributed by atoms with Gasteiger partial charge < -0.3 is 10.1 Å². The highest BCUT2D eigenvalue weighted by Crippen LogP contribution is 2.37. The Morgan fingerprint density at radius 3 is 2.67 bits per heavy atom. The summed E-state index contributed by atoms with van der Waals surface area (Å²) in [6, 6.07) is 13.7. The van der Waals surface area contributed by atoms with Crippen molar-refractivity contribution in [3.63, 3.8) is 0 Å². The van der Waals surface area contributed by atoms with E-state index in [1.165, 1.54) is 0 Å². The summed E-state index contributed by atoms with van der Waals surface area (Å²) in [7, 11) is 0. The normalized spacial score (nSPS) is 16.5. The summed E-state index contributed by atoms with van der Waals surface area (Å²) in [5.74, 6) is -0.196. The zero-order chi connectivity index (χ0) is 19.4. The molecule has 3 rings (SSSR count). The number of carbonyl (C=O) groups excluding carboxylic acids is 1. The van der Waals surface area contributed by atoms with Gasteiger partial charge in [-0.1, -0.05) is 30.0 Å². The van der Waals surface area contributed by atoms with Crippen LogP contribution in [-0.4, -0.2) is 18.2 Å². The Morgan fingerprint density at radius 2 is 1.96 bits per heavy atom. The average molecular weight is 388 g/mol. The van der Waals surface area contributed by atoms with Gasteiger partial charge in [0.05, 0.1) is 0 Å². The van der Waals surface area contributed by atoms with Crippen molar-refractivity contribution in [1.29, 1.82) is 0 Å². The van der Waals surface area contributed by atoms with E-state index in [4.69, 9.17) is 4.74 Å². The smallest absolute Gasteiger partial charge is 0.407 e. The number of hydrogen-bond acceptors (Lipinski definition) is 3. The number of hydrogen-bond donors (Lipinski definition) is 1. The highest BCUT2D eigenvalue weighted by Gasteiger charge is 2.26. The third-order valence-corrected chi connectivity index (χ3v) is 5.45. The molecule has 1 atom stereocenters. The van der Waals surface area contributed by atoms with Crippen LogP contribution in [0.1, 0.15) is 50.7 Å². The van der Waals surface area contributed by atoms with Crippen molar-refractivity contribution in [3.05, 3.63) is 59.4 Å². The van der Waals surface area contributed by atoms with Crippen molar-refractivity contribution in [2.45, 2.75) is 61.3 Å². The molecule has 0 saturated carbocycles. The first kappa shape index (κ1) is 19.7. The van der Waals surface area contributed by atoms with Gasteiger partial charge in [0.2, 0.25) is 0 Å². The van der Waals surface area contributed by atoms with Gasteiger partial charge in [-0.05, 0) is 75.4 Å². The second-order valence-electron chi connectivity index (χ2n) is 7.86. The van der Waals surface area contributed by atoms with Crippen LogP contribution in [0.4, 0.5) is 9.18 Å². The number of halogens is 1. The molecule has 0 radical (unpaired) electrons. The van der Waals surface area contributed by atoms with Gasteiger partial charge in [-0.2, -0.15) is 0 Å². The molecule has 2 aromatic carbocycles. The largest absolute Gasteiger partial charge is 0.444 e. The van der Waals surface area contributed by atoms with E-state index in [9.17, 15) is 9.18 Å². The molecule has 27 heavy (non-hydrogen) atoms. The summed E-state index contributed by atoms with van der Waals surface area (Å²) in [6.45, 7) is 5.88. The van der Waals surface area contributed by atoms with Gasteiger partial charge in [0.15, 0.2) is 0 Å². The molecule has 0 aliphatic heterocycles. The molecule has 144 valence electrons. The van der Waals surface area contributed by atoms with E-state index < -0.39 is 11.7 Å². The number of aryl methyl sites for hydroxylation is 1. The van der Waals surface area contributed by atoms with E-state index in [1.807, 2.05) is 51.1 Å². The van der Waals surface area contributed by atoms with Crippen molar-refractivity contribution in [3.8, 4) is 0 Å². The molecule has 1 amide bonds. The average Bonchev–Trinajstić information content (AvgIpc) is 2.59.